The molecule has 3 fully saturated rings. The van der Waals surface area contributed by atoms with Crippen molar-refractivity contribution < 1.29 is 8.42 Å². The average Bonchev–Trinajstić information content (AvgIpc) is 3.11. The number of nitrogens with zero attached hydrogens (tertiary/aromatic N) is 3. The zero-order valence-corrected chi connectivity index (χ0v) is 18.8. The second-order valence-corrected chi connectivity index (χ2v) is 11.4. The van der Waals surface area contributed by atoms with Crippen LogP contribution in [0.3, 0.4) is 0 Å². The SMILES string of the molecule is CCCCCC12CCC(c3nnc(-c4ccccc4S(C)(=O)=O)n3C)(CC1)CC2. The number of aromatic nitrogens is 3. The van der Waals surface area contributed by atoms with Crippen LogP contribution < -0.4 is 0 Å². The van der Waals surface area contributed by atoms with E-state index in [2.05, 4.69) is 21.7 Å². The van der Waals surface area contributed by atoms with Crippen LogP contribution in [-0.4, -0.2) is 29.4 Å². The van der Waals surface area contributed by atoms with Crippen LogP contribution in [0.4, 0.5) is 0 Å². The second-order valence-electron chi connectivity index (χ2n) is 9.41. The monoisotopic (exact) mass is 415 g/mol. The molecule has 1 heterocycles. The number of benzene rings is 1. The molecule has 0 saturated heterocycles. The molecule has 2 bridgehead atoms. The normalized spacial score (nSPS) is 26.7. The first-order chi connectivity index (χ1) is 13.8. The Morgan fingerprint density at radius 3 is 2.28 bits per heavy atom. The van der Waals surface area contributed by atoms with Gasteiger partial charge in [-0.1, -0.05) is 38.3 Å². The van der Waals surface area contributed by atoms with Gasteiger partial charge >= 0.3 is 0 Å². The van der Waals surface area contributed by atoms with E-state index in [0.29, 0.717) is 21.7 Å². The predicted molar refractivity (Wildman–Crippen MR) is 116 cm³/mol. The summed E-state index contributed by atoms with van der Waals surface area (Å²) in [5, 5.41) is 9.10. The Kier molecular flexibility index (Phi) is 5.34. The molecule has 1 aromatic carbocycles. The van der Waals surface area contributed by atoms with Crippen molar-refractivity contribution in [3.63, 3.8) is 0 Å². The maximum atomic E-state index is 12.3. The van der Waals surface area contributed by atoms with Crippen LogP contribution in [-0.2, 0) is 22.3 Å². The fourth-order valence-electron chi connectivity index (χ4n) is 5.72. The minimum absolute atomic E-state index is 0.104. The van der Waals surface area contributed by atoms with E-state index in [1.165, 1.54) is 70.5 Å². The maximum Gasteiger partial charge on any atom is 0.176 e. The lowest BCUT2D eigenvalue weighted by Gasteiger charge is -2.53. The lowest BCUT2D eigenvalue weighted by atomic mass is 9.52. The summed E-state index contributed by atoms with van der Waals surface area (Å²) < 4.78 is 26.6. The Labute approximate surface area is 174 Å². The van der Waals surface area contributed by atoms with Crippen molar-refractivity contribution in [1.82, 2.24) is 14.8 Å². The smallest absolute Gasteiger partial charge is 0.176 e. The van der Waals surface area contributed by atoms with Gasteiger partial charge in [-0.05, 0) is 62.5 Å². The average molecular weight is 416 g/mol. The molecule has 3 aliphatic carbocycles. The quantitative estimate of drug-likeness (QED) is 0.593. The standard InChI is InChI=1S/C23H33N3O2S/c1-4-5-8-11-22-12-15-23(16-13-22,17-14-22)21-25-24-20(26(21)2)18-9-6-7-10-19(18)29(3,27)28/h6-7,9-10H,4-5,8,11-17H2,1-3H3. The Bertz CT molecular complexity index is 969. The molecule has 0 spiro atoms. The summed E-state index contributed by atoms with van der Waals surface area (Å²) in [7, 11) is -1.33. The van der Waals surface area contributed by atoms with Gasteiger partial charge < -0.3 is 4.57 Å². The van der Waals surface area contributed by atoms with E-state index in [0.717, 1.165) is 5.82 Å². The third-order valence-corrected chi connectivity index (χ3v) is 8.74. The molecular weight excluding hydrogens is 382 g/mol. The third kappa shape index (κ3) is 3.65. The van der Waals surface area contributed by atoms with Crippen LogP contribution in [0.5, 0.6) is 0 Å². The van der Waals surface area contributed by atoms with Crippen molar-refractivity contribution in [2.24, 2.45) is 12.5 Å². The summed E-state index contributed by atoms with van der Waals surface area (Å²) >= 11 is 0. The molecule has 0 radical (unpaired) electrons. The van der Waals surface area contributed by atoms with E-state index in [4.69, 9.17) is 0 Å². The number of hydrogen-bond donors (Lipinski definition) is 0. The highest BCUT2D eigenvalue weighted by Crippen LogP contribution is 2.59. The fourth-order valence-corrected chi connectivity index (χ4v) is 6.61. The van der Waals surface area contributed by atoms with E-state index in [1.54, 1.807) is 12.1 Å². The highest BCUT2D eigenvalue weighted by Gasteiger charge is 2.51. The molecule has 0 atom stereocenters. The highest BCUT2D eigenvalue weighted by molar-refractivity contribution is 7.90. The summed E-state index contributed by atoms with van der Waals surface area (Å²) in [6.45, 7) is 2.28. The Hall–Kier alpha value is -1.69. The molecule has 0 amide bonds. The van der Waals surface area contributed by atoms with Crippen LogP contribution in [0.2, 0.25) is 0 Å². The first-order valence-corrected chi connectivity index (χ1v) is 12.9. The van der Waals surface area contributed by atoms with Gasteiger partial charge in [-0.15, -0.1) is 10.2 Å². The van der Waals surface area contributed by atoms with Gasteiger partial charge in [-0.3, -0.25) is 0 Å². The zero-order chi connectivity index (χ0) is 20.7. The van der Waals surface area contributed by atoms with Gasteiger partial charge in [-0.2, -0.15) is 0 Å². The highest BCUT2D eigenvalue weighted by atomic mass is 32.2. The minimum atomic E-state index is -3.33. The van der Waals surface area contributed by atoms with E-state index in [1.807, 2.05) is 19.2 Å². The van der Waals surface area contributed by atoms with Gasteiger partial charge in [-0.25, -0.2) is 8.42 Å². The summed E-state index contributed by atoms with van der Waals surface area (Å²) in [5.74, 6) is 1.69. The van der Waals surface area contributed by atoms with Gasteiger partial charge in [0.1, 0.15) is 5.82 Å². The number of hydrogen-bond acceptors (Lipinski definition) is 4. The largest absolute Gasteiger partial charge is 0.314 e. The first-order valence-electron chi connectivity index (χ1n) is 11.0. The summed E-state index contributed by atoms with van der Waals surface area (Å²) in [6, 6.07) is 7.12. The zero-order valence-electron chi connectivity index (χ0n) is 17.9. The second kappa shape index (κ2) is 7.53. The van der Waals surface area contributed by atoms with Crippen LogP contribution in [0.25, 0.3) is 11.4 Å². The lowest BCUT2D eigenvalue weighted by Crippen LogP contribution is -2.45. The number of fused-ring (bicyclic) bond motifs is 3. The molecule has 0 unspecified atom stereocenters. The minimum Gasteiger partial charge on any atom is -0.314 e. The Balaban J connectivity index is 1.62. The molecule has 5 nitrogen and oxygen atoms in total. The van der Waals surface area contributed by atoms with Crippen LogP contribution in [0.15, 0.2) is 29.2 Å². The van der Waals surface area contributed by atoms with Crippen molar-refractivity contribution in [3.8, 4) is 11.4 Å². The molecule has 158 valence electrons. The molecule has 1 aromatic heterocycles. The van der Waals surface area contributed by atoms with Crippen LogP contribution in [0.1, 0.15) is 77.0 Å². The van der Waals surface area contributed by atoms with Crippen LogP contribution in [0, 0.1) is 5.41 Å². The van der Waals surface area contributed by atoms with Gasteiger partial charge in [0.25, 0.3) is 0 Å². The number of unbranched alkanes of at least 4 members (excludes halogenated alkanes) is 2. The topological polar surface area (TPSA) is 64.8 Å². The number of rotatable bonds is 7. The molecule has 5 rings (SSSR count). The van der Waals surface area contributed by atoms with Gasteiger partial charge in [0, 0.05) is 24.3 Å². The first kappa shape index (κ1) is 20.6. The van der Waals surface area contributed by atoms with E-state index in [9.17, 15) is 8.42 Å². The van der Waals surface area contributed by atoms with Gasteiger partial charge in [0.15, 0.2) is 15.7 Å². The molecular formula is C23H33N3O2S. The predicted octanol–water partition coefficient (Wildman–Crippen LogP) is 5.06. The fraction of sp³-hybridized carbons (Fsp3) is 0.652. The molecule has 3 aliphatic rings. The lowest BCUT2D eigenvalue weighted by molar-refractivity contribution is 0.0250. The van der Waals surface area contributed by atoms with Crippen LogP contribution >= 0.6 is 0 Å². The molecule has 29 heavy (non-hydrogen) atoms. The van der Waals surface area contributed by atoms with Crippen molar-refractivity contribution >= 4 is 9.84 Å². The summed E-state index contributed by atoms with van der Waals surface area (Å²) in [4.78, 5) is 0.321. The van der Waals surface area contributed by atoms with E-state index in [-0.39, 0.29) is 5.41 Å². The van der Waals surface area contributed by atoms with Crippen molar-refractivity contribution in [2.75, 3.05) is 6.26 Å². The molecule has 0 aliphatic heterocycles. The maximum absolute atomic E-state index is 12.3. The van der Waals surface area contributed by atoms with E-state index >= 15 is 0 Å². The Morgan fingerprint density at radius 2 is 1.66 bits per heavy atom. The third-order valence-electron chi connectivity index (χ3n) is 7.59. The van der Waals surface area contributed by atoms with Crippen molar-refractivity contribution in [3.05, 3.63) is 30.1 Å². The molecule has 6 heteroatoms. The van der Waals surface area contributed by atoms with Crippen molar-refractivity contribution in [2.45, 2.75) is 81.4 Å². The summed E-state index contributed by atoms with van der Waals surface area (Å²) in [5.41, 5.74) is 1.31. The molecule has 0 N–H and O–H groups in total. The van der Waals surface area contributed by atoms with Crippen molar-refractivity contribution in [1.29, 1.82) is 0 Å². The number of sulfone groups is 1. The van der Waals surface area contributed by atoms with Gasteiger partial charge in [0.05, 0.1) is 4.90 Å². The van der Waals surface area contributed by atoms with E-state index < -0.39 is 9.84 Å². The molecule has 2 aromatic rings. The summed E-state index contributed by atoms with van der Waals surface area (Å²) in [6.07, 6.45) is 14.0. The molecule has 3 saturated carbocycles. The van der Waals surface area contributed by atoms with Gasteiger partial charge in [0.2, 0.25) is 0 Å². The Morgan fingerprint density at radius 1 is 1.00 bits per heavy atom.